The number of anilines is 1. The van der Waals surface area contributed by atoms with E-state index in [2.05, 4.69) is 10.6 Å². The summed E-state index contributed by atoms with van der Waals surface area (Å²) in [6, 6.07) is 14.1. The number of esters is 1. The summed E-state index contributed by atoms with van der Waals surface area (Å²) >= 11 is 0. The molecule has 0 spiro atoms. The second-order valence-electron chi connectivity index (χ2n) is 7.47. The Morgan fingerprint density at radius 2 is 1.55 bits per heavy atom. The molecule has 2 N–H and O–H groups in total. The van der Waals surface area contributed by atoms with Crippen LogP contribution < -0.4 is 10.6 Å². The summed E-state index contributed by atoms with van der Waals surface area (Å²) in [5.41, 5.74) is 1.38. The van der Waals surface area contributed by atoms with Gasteiger partial charge in [-0.15, -0.1) is 0 Å². The van der Waals surface area contributed by atoms with Crippen molar-refractivity contribution in [1.29, 1.82) is 0 Å². The minimum absolute atomic E-state index is 0.0900. The highest BCUT2D eigenvalue weighted by atomic mass is 16.5. The summed E-state index contributed by atoms with van der Waals surface area (Å²) in [6.07, 6.45) is 1.17. The van der Waals surface area contributed by atoms with E-state index in [1.165, 1.54) is 0 Å². The van der Waals surface area contributed by atoms with E-state index in [-0.39, 0.29) is 23.5 Å². The van der Waals surface area contributed by atoms with E-state index in [4.69, 9.17) is 4.74 Å². The molecule has 0 heterocycles. The Labute approximate surface area is 182 Å². The van der Waals surface area contributed by atoms with Gasteiger partial charge in [0.05, 0.1) is 0 Å². The number of hydrogen-bond acceptors (Lipinski definition) is 5. The molecule has 7 heteroatoms. The summed E-state index contributed by atoms with van der Waals surface area (Å²) < 4.78 is 5.17. The first-order chi connectivity index (χ1) is 14.8. The van der Waals surface area contributed by atoms with Crippen LogP contribution in [-0.4, -0.2) is 36.2 Å². The lowest BCUT2D eigenvalue weighted by atomic mass is 10.0. The fraction of sp³-hybridized carbons (Fsp3) is 0.333. The molecular weight excluding hydrogens is 396 g/mol. The Balaban J connectivity index is 1.92. The fourth-order valence-corrected chi connectivity index (χ4v) is 2.81. The highest BCUT2D eigenvalue weighted by Gasteiger charge is 2.26. The predicted molar refractivity (Wildman–Crippen MR) is 118 cm³/mol. The molecule has 0 saturated heterocycles. The summed E-state index contributed by atoms with van der Waals surface area (Å²) in [5, 5.41) is 5.41. The first kappa shape index (κ1) is 23.8. The molecular formula is C24H28N2O5. The molecule has 7 nitrogen and oxygen atoms in total. The number of carbonyl (C=O) groups is 4. The number of rotatable bonds is 10. The maximum atomic E-state index is 12.5. The van der Waals surface area contributed by atoms with Gasteiger partial charge in [0.1, 0.15) is 6.04 Å². The van der Waals surface area contributed by atoms with Crippen molar-refractivity contribution in [3.63, 3.8) is 0 Å². The Morgan fingerprint density at radius 3 is 2.13 bits per heavy atom. The van der Waals surface area contributed by atoms with Crippen LogP contribution in [0.1, 0.15) is 54.3 Å². The zero-order chi connectivity index (χ0) is 22.8. The second kappa shape index (κ2) is 11.6. The number of amides is 2. The smallest absolute Gasteiger partial charge is 0.329 e. The van der Waals surface area contributed by atoms with E-state index >= 15 is 0 Å². The zero-order valence-corrected chi connectivity index (χ0v) is 18.0. The maximum Gasteiger partial charge on any atom is 0.329 e. The third-order valence-corrected chi connectivity index (χ3v) is 4.56. The Morgan fingerprint density at radius 1 is 0.903 bits per heavy atom. The monoisotopic (exact) mass is 424 g/mol. The standard InChI is InChI=1S/C24H28N2O5/c1-4-8-21(28)25-19-13-11-17(12-14-19)20(27)15-31-24(30)22(16(2)3)26-23(29)18-9-6-5-7-10-18/h5-7,9-14,16,22H,4,8,15H2,1-3H3,(H,25,28)(H,26,29)/t22-/m0/s1. The molecule has 0 fully saturated rings. The lowest BCUT2D eigenvalue weighted by Gasteiger charge is -2.20. The number of ketones is 1. The van der Waals surface area contributed by atoms with Crippen molar-refractivity contribution in [2.75, 3.05) is 11.9 Å². The summed E-state index contributed by atoms with van der Waals surface area (Å²) in [7, 11) is 0. The topological polar surface area (TPSA) is 102 Å². The fourth-order valence-electron chi connectivity index (χ4n) is 2.81. The van der Waals surface area contributed by atoms with E-state index in [0.717, 1.165) is 6.42 Å². The minimum Gasteiger partial charge on any atom is -0.456 e. The van der Waals surface area contributed by atoms with Gasteiger partial charge >= 0.3 is 5.97 Å². The van der Waals surface area contributed by atoms with Crippen LogP contribution in [0, 0.1) is 5.92 Å². The SMILES string of the molecule is CCCC(=O)Nc1ccc(C(=O)COC(=O)[C@@H](NC(=O)c2ccccc2)C(C)C)cc1. The average molecular weight is 424 g/mol. The maximum absolute atomic E-state index is 12.5. The van der Waals surface area contributed by atoms with Gasteiger partial charge in [-0.25, -0.2) is 4.79 Å². The Bertz CT molecular complexity index is 907. The third-order valence-electron chi connectivity index (χ3n) is 4.56. The first-order valence-corrected chi connectivity index (χ1v) is 10.3. The van der Waals surface area contributed by atoms with Crippen molar-refractivity contribution in [3.8, 4) is 0 Å². The van der Waals surface area contributed by atoms with Gasteiger partial charge in [-0.05, 0) is 48.7 Å². The molecule has 164 valence electrons. The van der Waals surface area contributed by atoms with Gasteiger partial charge in [0, 0.05) is 23.2 Å². The van der Waals surface area contributed by atoms with E-state index in [9.17, 15) is 19.2 Å². The van der Waals surface area contributed by atoms with Crippen molar-refractivity contribution in [2.45, 2.75) is 39.7 Å². The van der Waals surface area contributed by atoms with Gasteiger partial charge in [-0.3, -0.25) is 14.4 Å². The zero-order valence-electron chi connectivity index (χ0n) is 18.0. The molecule has 0 aliphatic heterocycles. The molecule has 0 bridgehead atoms. The number of benzene rings is 2. The van der Waals surface area contributed by atoms with Gasteiger partial charge in [0.15, 0.2) is 12.4 Å². The van der Waals surface area contributed by atoms with Crippen LogP contribution in [0.4, 0.5) is 5.69 Å². The minimum atomic E-state index is -0.878. The molecule has 0 saturated carbocycles. The van der Waals surface area contributed by atoms with Crippen molar-refractivity contribution in [3.05, 3.63) is 65.7 Å². The largest absolute Gasteiger partial charge is 0.456 e. The van der Waals surface area contributed by atoms with Crippen molar-refractivity contribution in [2.24, 2.45) is 5.92 Å². The van der Waals surface area contributed by atoms with Gasteiger partial charge in [0.25, 0.3) is 5.91 Å². The van der Waals surface area contributed by atoms with Crippen molar-refractivity contribution < 1.29 is 23.9 Å². The van der Waals surface area contributed by atoms with Gasteiger partial charge in [-0.2, -0.15) is 0 Å². The number of nitrogens with one attached hydrogen (secondary N) is 2. The Hall–Kier alpha value is -3.48. The number of ether oxygens (including phenoxy) is 1. The van der Waals surface area contributed by atoms with Crippen LogP contribution in [0.5, 0.6) is 0 Å². The summed E-state index contributed by atoms with van der Waals surface area (Å²) in [5.74, 6) is -1.75. The molecule has 1 atom stereocenters. The molecule has 0 radical (unpaired) electrons. The quantitative estimate of drug-likeness (QED) is 0.448. The highest BCUT2D eigenvalue weighted by Crippen LogP contribution is 2.12. The van der Waals surface area contributed by atoms with E-state index in [0.29, 0.717) is 23.2 Å². The van der Waals surface area contributed by atoms with Crippen LogP contribution in [0.25, 0.3) is 0 Å². The van der Waals surface area contributed by atoms with Gasteiger partial charge < -0.3 is 15.4 Å². The molecule has 2 rings (SSSR count). The number of hydrogen-bond donors (Lipinski definition) is 2. The van der Waals surface area contributed by atoms with E-state index < -0.39 is 18.6 Å². The predicted octanol–water partition coefficient (Wildman–Crippen LogP) is 3.61. The summed E-state index contributed by atoms with van der Waals surface area (Å²) in [6.45, 7) is 5.04. The van der Waals surface area contributed by atoms with Crippen LogP contribution in [0.2, 0.25) is 0 Å². The number of carbonyl (C=O) groups excluding carboxylic acids is 4. The average Bonchev–Trinajstić information content (AvgIpc) is 2.76. The van der Waals surface area contributed by atoms with Gasteiger partial charge in [0.2, 0.25) is 5.91 Å². The molecule has 2 amide bonds. The first-order valence-electron chi connectivity index (χ1n) is 10.3. The van der Waals surface area contributed by atoms with Crippen LogP contribution >= 0.6 is 0 Å². The van der Waals surface area contributed by atoms with Crippen LogP contribution in [0.15, 0.2) is 54.6 Å². The molecule has 0 aliphatic carbocycles. The molecule has 2 aromatic rings. The second-order valence-corrected chi connectivity index (χ2v) is 7.47. The van der Waals surface area contributed by atoms with E-state index in [1.54, 1.807) is 68.4 Å². The third kappa shape index (κ3) is 7.37. The lowest BCUT2D eigenvalue weighted by molar-refractivity contribution is -0.146. The molecule has 0 aliphatic rings. The Kier molecular flexibility index (Phi) is 8.94. The van der Waals surface area contributed by atoms with E-state index in [1.807, 2.05) is 6.92 Å². The van der Waals surface area contributed by atoms with Crippen molar-refractivity contribution in [1.82, 2.24) is 5.32 Å². The molecule has 0 aromatic heterocycles. The van der Waals surface area contributed by atoms with Crippen LogP contribution in [0.3, 0.4) is 0 Å². The normalized spacial score (nSPS) is 11.5. The van der Waals surface area contributed by atoms with Crippen molar-refractivity contribution >= 4 is 29.3 Å². The summed E-state index contributed by atoms with van der Waals surface area (Å²) in [4.78, 5) is 48.8. The molecule has 31 heavy (non-hydrogen) atoms. The van der Waals surface area contributed by atoms with Crippen LogP contribution in [-0.2, 0) is 14.3 Å². The molecule has 0 unspecified atom stereocenters. The highest BCUT2D eigenvalue weighted by molar-refractivity contribution is 6.00. The number of Topliss-reactive ketones (excluding diaryl/α,β-unsaturated/α-hetero) is 1. The molecule has 2 aromatic carbocycles. The van der Waals surface area contributed by atoms with Gasteiger partial charge in [-0.1, -0.05) is 39.0 Å². The lowest BCUT2D eigenvalue weighted by Crippen LogP contribution is -2.45.